The van der Waals surface area contributed by atoms with Crippen molar-refractivity contribution in [2.75, 3.05) is 0 Å². The number of rotatable bonds is 2. The molecule has 3 heteroatoms. The third kappa shape index (κ3) is 0.700. The van der Waals surface area contributed by atoms with Crippen molar-refractivity contribution in [2.24, 2.45) is 46.3 Å². The summed E-state index contributed by atoms with van der Waals surface area (Å²) in [6.07, 6.45) is 4.75. The molecule has 8 atom stereocenters. The largest absolute Gasteiger partial charge is 0.219 e. The zero-order chi connectivity index (χ0) is 13.8. The fraction of sp³-hybridized carbons (Fsp3) is 0.556. The Hall–Kier alpha value is -1.09. The third-order valence-corrected chi connectivity index (χ3v) is 10.3. The van der Waals surface area contributed by atoms with E-state index in [-0.39, 0.29) is 0 Å². The van der Waals surface area contributed by atoms with Gasteiger partial charge in [-0.3, -0.25) is 0 Å². The predicted molar refractivity (Wildman–Crippen MR) is 76.8 cm³/mol. The summed E-state index contributed by atoms with van der Waals surface area (Å²) < 4.78 is 26.1. The van der Waals surface area contributed by atoms with E-state index < -0.39 is 9.84 Å². The number of fused-ring (bicyclic) bond motifs is 2. The smallest absolute Gasteiger partial charge is 0.202 e. The number of hydrogen-bond donors (Lipinski definition) is 0. The third-order valence-electron chi connectivity index (χ3n) is 8.38. The lowest BCUT2D eigenvalue weighted by Gasteiger charge is -2.39. The van der Waals surface area contributed by atoms with Crippen LogP contribution in [0.4, 0.5) is 0 Å². The molecule has 2 spiro atoms. The first-order chi connectivity index (χ1) is 10.2. The SMILES string of the molecule is O=S(=O)(C1=C[C@H]2C[C@H]1[C@@]13[C@@H]4[C@H]5[C@H](C[C@@H]41)[C@]523)c1ccccc1. The highest BCUT2D eigenvalue weighted by atomic mass is 32.2. The van der Waals surface area contributed by atoms with Crippen LogP contribution in [0.25, 0.3) is 0 Å². The minimum Gasteiger partial charge on any atom is -0.219 e. The molecule has 0 unspecified atom stereocenters. The maximum atomic E-state index is 13.0. The van der Waals surface area contributed by atoms with E-state index in [1.165, 1.54) is 6.42 Å². The Morgan fingerprint density at radius 1 is 0.952 bits per heavy atom. The van der Waals surface area contributed by atoms with Crippen LogP contribution in [0.15, 0.2) is 46.2 Å². The lowest BCUT2D eigenvalue weighted by molar-refractivity contribution is 0.119. The molecular formula is C18H16O2S. The maximum absolute atomic E-state index is 13.0. The molecule has 0 amide bonds. The van der Waals surface area contributed by atoms with Crippen LogP contribution in [0.3, 0.4) is 0 Å². The second kappa shape index (κ2) is 2.54. The van der Waals surface area contributed by atoms with Crippen LogP contribution in [-0.2, 0) is 9.84 Å². The highest BCUT2D eigenvalue weighted by Gasteiger charge is 3.08. The standard InChI is InChI=1S/C18H16O2S/c19-21(20,10-4-2-1-3-5-10)14-7-9-6-11(14)18-13-8-12-15(16(13)18)17(9,12)18/h1-5,7,9,11-13,15-16H,6,8H2/t9-,11-,12+,13+,15-,16+,17+,18+/m1/s1. The van der Waals surface area contributed by atoms with E-state index in [0.717, 1.165) is 35.0 Å². The van der Waals surface area contributed by atoms with Crippen LogP contribution in [0.5, 0.6) is 0 Å². The molecular weight excluding hydrogens is 280 g/mol. The Labute approximate surface area is 124 Å². The Morgan fingerprint density at radius 2 is 1.67 bits per heavy atom. The van der Waals surface area contributed by atoms with Gasteiger partial charge in [-0.05, 0) is 65.4 Å². The summed E-state index contributed by atoms with van der Waals surface area (Å²) in [7, 11) is -3.26. The summed E-state index contributed by atoms with van der Waals surface area (Å²) in [5.41, 5.74) is 1.08. The average molecular weight is 296 g/mol. The van der Waals surface area contributed by atoms with Crippen molar-refractivity contribution in [3.8, 4) is 0 Å². The molecule has 0 saturated heterocycles. The highest BCUT2D eigenvalue weighted by Crippen LogP contribution is 3.11. The molecule has 21 heavy (non-hydrogen) atoms. The fourth-order valence-electron chi connectivity index (χ4n) is 8.36. The molecule has 0 heterocycles. The van der Waals surface area contributed by atoms with E-state index in [1.54, 1.807) is 12.1 Å². The number of hydrogen-bond acceptors (Lipinski definition) is 2. The van der Waals surface area contributed by atoms with Crippen molar-refractivity contribution >= 4 is 9.84 Å². The molecule has 7 aliphatic carbocycles. The summed E-state index contributed by atoms with van der Waals surface area (Å²) in [6.45, 7) is 0. The molecule has 0 aromatic heterocycles. The van der Waals surface area contributed by atoms with Crippen molar-refractivity contribution in [2.45, 2.75) is 17.7 Å². The van der Waals surface area contributed by atoms with Gasteiger partial charge >= 0.3 is 0 Å². The summed E-state index contributed by atoms with van der Waals surface area (Å²) >= 11 is 0. The topological polar surface area (TPSA) is 34.1 Å². The van der Waals surface area contributed by atoms with E-state index in [4.69, 9.17) is 0 Å². The molecule has 6 fully saturated rings. The Balaban J connectivity index is 1.42. The number of sulfone groups is 1. The normalized spacial score (nSPS) is 59.1. The van der Waals surface area contributed by atoms with Gasteiger partial charge in [0.05, 0.1) is 4.90 Å². The van der Waals surface area contributed by atoms with E-state index in [9.17, 15) is 8.42 Å². The summed E-state index contributed by atoms with van der Waals surface area (Å²) in [6, 6.07) is 9.05. The maximum Gasteiger partial charge on any atom is 0.202 e. The molecule has 106 valence electrons. The fourth-order valence-corrected chi connectivity index (χ4v) is 10.2. The zero-order valence-electron chi connectivity index (χ0n) is 11.6. The summed E-state index contributed by atoms with van der Waals surface area (Å²) in [5.74, 6) is 4.78. The van der Waals surface area contributed by atoms with Crippen molar-refractivity contribution in [3.63, 3.8) is 0 Å². The number of benzene rings is 1. The van der Waals surface area contributed by atoms with Crippen LogP contribution in [0, 0.1) is 46.3 Å². The predicted octanol–water partition coefficient (Wildman–Crippen LogP) is 2.88. The molecule has 1 aromatic carbocycles. The van der Waals surface area contributed by atoms with Gasteiger partial charge < -0.3 is 0 Å². The molecule has 0 radical (unpaired) electrons. The van der Waals surface area contributed by atoms with Crippen LogP contribution in [0.1, 0.15) is 12.8 Å². The lowest BCUT2D eigenvalue weighted by Crippen LogP contribution is -2.37. The minimum absolute atomic E-state index is 0.367. The Morgan fingerprint density at radius 3 is 2.38 bits per heavy atom. The highest BCUT2D eigenvalue weighted by molar-refractivity contribution is 7.95. The van der Waals surface area contributed by atoms with E-state index in [2.05, 4.69) is 6.08 Å². The lowest BCUT2D eigenvalue weighted by atomic mass is 9.66. The molecule has 1 aromatic rings. The van der Waals surface area contributed by atoms with Gasteiger partial charge in [0.25, 0.3) is 0 Å². The van der Waals surface area contributed by atoms with Gasteiger partial charge in [0.1, 0.15) is 0 Å². The van der Waals surface area contributed by atoms with Gasteiger partial charge in [-0.25, -0.2) is 8.42 Å². The van der Waals surface area contributed by atoms with Crippen molar-refractivity contribution in [3.05, 3.63) is 41.3 Å². The second-order valence-electron chi connectivity index (χ2n) is 8.15. The van der Waals surface area contributed by atoms with Crippen LogP contribution < -0.4 is 0 Å². The van der Waals surface area contributed by atoms with Gasteiger partial charge in [-0.2, -0.15) is 0 Å². The van der Waals surface area contributed by atoms with Crippen molar-refractivity contribution < 1.29 is 8.42 Å². The monoisotopic (exact) mass is 296 g/mol. The van der Waals surface area contributed by atoms with Gasteiger partial charge in [0.15, 0.2) is 0 Å². The number of allylic oxidation sites excluding steroid dienone is 2. The van der Waals surface area contributed by atoms with Gasteiger partial charge in [0.2, 0.25) is 9.84 Å². The van der Waals surface area contributed by atoms with Crippen LogP contribution in [-0.4, -0.2) is 8.42 Å². The van der Waals surface area contributed by atoms with Gasteiger partial charge in [-0.1, -0.05) is 24.3 Å². The molecule has 0 aliphatic heterocycles. The molecule has 4 bridgehead atoms. The molecule has 2 nitrogen and oxygen atoms in total. The molecule has 7 aliphatic rings. The van der Waals surface area contributed by atoms with Crippen molar-refractivity contribution in [1.82, 2.24) is 0 Å². The quantitative estimate of drug-likeness (QED) is 0.841. The molecule has 8 rings (SSSR count). The minimum atomic E-state index is -3.26. The summed E-state index contributed by atoms with van der Waals surface area (Å²) in [5, 5.41) is 0. The zero-order valence-corrected chi connectivity index (χ0v) is 12.4. The first-order valence-electron chi connectivity index (χ1n) is 8.18. The van der Waals surface area contributed by atoms with E-state index in [1.807, 2.05) is 18.2 Å². The summed E-state index contributed by atoms with van der Waals surface area (Å²) in [4.78, 5) is 1.29. The van der Waals surface area contributed by atoms with Crippen molar-refractivity contribution in [1.29, 1.82) is 0 Å². The second-order valence-corrected chi connectivity index (χ2v) is 10.1. The Bertz CT molecular complexity index is 858. The van der Waals surface area contributed by atoms with E-state index in [0.29, 0.717) is 27.6 Å². The average Bonchev–Trinajstić information content (AvgIpc) is 2.98. The molecule has 6 saturated carbocycles. The first kappa shape index (κ1) is 10.6. The van der Waals surface area contributed by atoms with Crippen LogP contribution in [0.2, 0.25) is 0 Å². The van der Waals surface area contributed by atoms with Gasteiger partial charge in [0, 0.05) is 10.8 Å². The van der Waals surface area contributed by atoms with Gasteiger partial charge in [-0.15, -0.1) is 0 Å². The van der Waals surface area contributed by atoms with Crippen LogP contribution >= 0.6 is 0 Å². The first-order valence-corrected chi connectivity index (χ1v) is 9.66. The van der Waals surface area contributed by atoms with E-state index >= 15 is 0 Å². The molecule has 0 N–H and O–H groups in total. The Kier molecular flexibility index (Phi) is 1.28.